The Morgan fingerprint density at radius 3 is 2.37 bits per heavy atom. The van der Waals surface area contributed by atoms with E-state index < -0.39 is 17.9 Å². The molecule has 1 amide bonds. The van der Waals surface area contributed by atoms with Gasteiger partial charge in [-0.2, -0.15) is 0 Å². The van der Waals surface area contributed by atoms with Crippen molar-refractivity contribution in [2.24, 2.45) is 0 Å². The number of ketones is 1. The third-order valence-corrected chi connectivity index (χ3v) is 5.84. The molecule has 1 atom stereocenters. The highest BCUT2D eigenvalue weighted by Gasteiger charge is 2.49. The van der Waals surface area contributed by atoms with Gasteiger partial charge in [0, 0.05) is 34.9 Å². The van der Waals surface area contributed by atoms with E-state index in [1.54, 1.807) is 12.1 Å². The van der Waals surface area contributed by atoms with Crippen LogP contribution in [0, 0.1) is 0 Å². The molecule has 5 nitrogen and oxygen atoms in total. The Bertz CT molecular complexity index is 924. The van der Waals surface area contributed by atoms with Crippen LogP contribution in [0.5, 0.6) is 0 Å². The number of aliphatic hydroxyl groups is 1. The summed E-state index contributed by atoms with van der Waals surface area (Å²) >= 11 is 12.3. The first-order chi connectivity index (χ1) is 12.9. The summed E-state index contributed by atoms with van der Waals surface area (Å²) in [6.07, 6.45) is 1.94. The highest BCUT2D eigenvalue weighted by molar-refractivity contribution is 6.38. The van der Waals surface area contributed by atoms with E-state index in [1.165, 1.54) is 25.0 Å². The molecule has 0 aromatic heterocycles. The molecular weight excluding hydrogens is 387 g/mol. The standard InChI is InChI=1S/C20H18Cl2N2O3/c21-14-7-8-15(22)18-17(14)20(27,19(26)23-18)11-16(25)12-3-5-13(6-4-12)24-9-1-2-10-24/h3-8,27H,1-2,9-11H2,(H,23,26)/t20-/m1/s1. The molecule has 2 aromatic rings. The summed E-state index contributed by atoms with van der Waals surface area (Å²) in [7, 11) is 0. The lowest BCUT2D eigenvalue weighted by Gasteiger charge is -2.21. The second-order valence-electron chi connectivity index (χ2n) is 6.93. The number of nitrogens with one attached hydrogen (secondary N) is 1. The number of Topliss-reactive ketones (excluding diaryl/α,β-unsaturated/α-hetero) is 1. The maximum absolute atomic E-state index is 12.8. The van der Waals surface area contributed by atoms with Crippen LogP contribution in [0.1, 0.15) is 35.2 Å². The fraction of sp³-hybridized carbons (Fsp3) is 0.300. The van der Waals surface area contributed by atoms with Crippen LogP contribution in [0.2, 0.25) is 10.0 Å². The number of halogens is 2. The lowest BCUT2D eigenvalue weighted by molar-refractivity contribution is -0.133. The van der Waals surface area contributed by atoms with Gasteiger partial charge in [-0.3, -0.25) is 9.59 Å². The van der Waals surface area contributed by atoms with Gasteiger partial charge in [0.25, 0.3) is 5.91 Å². The summed E-state index contributed by atoms with van der Waals surface area (Å²) in [6.45, 7) is 2.03. The first-order valence-electron chi connectivity index (χ1n) is 8.81. The number of benzene rings is 2. The largest absolute Gasteiger partial charge is 0.375 e. The number of hydrogen-bond donors (Lipinski definition) is 2. The van der Waals surface area contributed by atoms with Gasteiger partial charge in [0.15, 0.2) is 11.4 Å². The molecule has 0 aliphatic carbocycles. The van der Waals surface area contributed by atoms with E-state index in [2.05, 4.69) is 10.2 Å². The maximum atomic E-state index is 12.8. The predicted octanol–water partition coefficient (Wildman–Crippen LogP) is 4.01. The van der Waals surface area contributed by atoms with Crippen molar-refractivity contribution in [1.29, 1.82) is 0 Å². The van der Waals surface area contributed by atoms with Crippen LogP contribution in [0.25, 0.3) is 0 Å². The molecule has 2 heterocycles. The van der Waals surface area contributed by atoms with E-state index >= 15 is 0 Å². The summed E-state index contributed by atoms with van der Waals surface area (Å²) in [5, 5.41) is 14.0. The zero-order valence-electron chi connectivity index (χ0n) is 14.5. The van der Waals surface area contributed by atoms with Gasteiger partial charge < -0.3 is 15.3 Å². The average Bonchev–Trinajstić information content (AvgIpc) is 3.27. The fourth-order valence-corrected chi connectivity index (χ4v) is 4.26. The maximum Gasteiger partial charge on any atom is 0.261 e. The van der Waals surface area contributed by atoms with Gasteiger partial charge in [0.1, 0.15) is 0 Å². The molecule has 1 saturated heterocycles. The summed E-state index contributed by atoms with van der Waals surface area (Å²) in [5.74, 6) is -1.04. The molecule has 0 spiro atoms. The molecule has 0 unspecified atom stereocenters. The lowest BCUT2D eigenvalue weighted by atomic mass is 9.88. The Labute approximate surface area is 166 Å². The van der Waals surface area contributed by atoms with Gasteiger partial charge in [-0.05, 0) is 49.2 Å². The molecule has 2 aliphatic heterocycles. The van der Waals surface area contributed by atoms with Crippen LogP contribution in [0.4, 0.5) is 11.4 Å². The Morgan fingerprint density at radius 2 is 1.70 bits per heavy atom. The topological polar surface area (TPSA) is 69.6 Å². The van der Waals surface area contributed by atoms with Crippen molar-refractivity contribution in [3.63, 3.8) is 0 Å². The van der Waals surface area contributed by atoms with Crippen LogP contribution in [-0.2, 0) is 10.4 Å². The number of fused-ring (bicyclic) bond motifs is 1. The summed E-state index contributed by atoms with van der Waals surface area (Å²) in [4.78, 5) is 27.4. The number of anilines is 2. The Balaban J connectivity index is 1.60. The number of amides is 1. The number of hydrogen-bond acceptors (Lipinski definition) is 4. The van der Waals surface area contributed by atoms with Crippen molar-refractivity contribution >= 4 is 46.3 Å². The van der Waals surface area contributed by atoms with E-state index in [-0.39, 0.29) is 27.1 Å². The highest BCUT2D eigenvalue weighted by Crippen LogP contribution is 2.46. The summed E-state index contributed by atoms with van der Waals surface area (Å²) in [5.41, 5.74) is -0.118. The molecule has 7 heteroatoms. The van der Waals surface area contributed by atoms with E-state index in [0.717, 1.165) is 18.8 Å². The Hall–Kier alpha value is -2.08. The van der Waals surface area contributed by atoms with Gasteiger partial charge in [-0.1, -0.05) is 23.2 Å². The van der Waals surface area contributed by atoms with Crippen LogP contribution >= 0.6 is 23.2 Å². The predicted molar refractivity (Wildman–Crippen MR) is 106 cm³/mol. The SMILES string of the molecule is O=C(C[C@]1(O)C(=O)Nc2c(Cl)ccc(Cl)c21)c1ccc(N2CCCC2)cc1. The normalized spacial score (nSPS) is 21.3. The molecule has 140 valence electrons. The number of nitrogens with zero attached hydrogens (tertiary/aromatic N) is 1. The minimum atomic E-state index is -2.04. The first kappa shape index (κ1) is 18.3. The fourth-order valence-electron chi connectivity index (χ4n) is 3.75. The second kappa shape index (κ2) is 6.82. The van der Waals surface area contributed by atoms with E-state index in [4.69, 9.17) is 23.2 Å². The van der Waals surface area contributed by atoms with Crippen molar-refractivity contribution in [3.8, 4) is 0 Å². The van der Waals surface area contributed by atoms with E-state index in [9.17, 15) is 14.7 Å². The molecule has 2 aromatic carbocycles. The summed E-state index contributed by atoms with van der Waals surface area (Å²) in [6, 6.07) is 10.3. The smallest absolute Gasteiger partial charge is 0.261 e. The number of carbonyl (C=O) groups is 2. The molecule has 1 fully saturated rings. The number of carbonyl (C=O) groups excluding carboxylic acids is 2. The van der Waals surface area contributed by atoms with Gasteiger partial charge >= 0.3 is 0 Å². The van der Waals surface area contributed by atoms with Crippen molar-refractivity contribution in [2.75, 3.05) is 23.3 Å². The molecule has 0 saturated carbocycles. The minimum Gasteiger partial charge on any atom is -0.375 e. The summed E-state index contributed by atoms with van der Waals surface area (Å²) < 4.78 is 0. The zero-order chi connectivity index (χ0) is 19.2. The van der Waals surface area contributed by atoms with Gasteiger partial charge in [-0.25, -0.2) is 0 Å². The molecule has 2 aliphatic rings. The lowest BCUT2D eigenvalue weighted by Crippen LogP contribution is -2.36. The van der Waals surface area contributed by atoms with Crippen molar-refractivity contribution < 1.29 is 14.7 Å². The van der Waals surface area contributed by atoms with Crippen molar-refractivity contribution in [1.82, 2.24) is 0 Å². The molecule has 0 bridgehead atoms. The molecule has 4 rings (SSSR count). The average molecular weight is 405 g/mol. The van der Waals surface area contributed by atoms with Gasteiger partial charge in [-0.15, -0.1) is 0 Å². The van der Waals surface area contributed by atoms with Crippen LogP contribution < -0.4 is 10.2 Å². The highest BCUT2D eigenvalue weighted by atomic mass is 35.5. The van der Waals surface area contributed by atoms with E-state index in [0.29, 0.717) is 5.56 Å². The minimum absolute atomic E-state index is 0.156. The number of rotatable bonds is 4. The van der Waals surface area contributed by atoms with Crippen LogP contribution in [0.3, 0.4) is 0 Å². The van der Waals surface area contributed by atoms with Crippen molar-refractivity contribution in [2.45, 2.75) is 24.9 Å². The monoisotopic (exact) mass is 404 g/mol. The third-order valence-electron chi connectivity index (χ3n) is 5.21. The Morgan fingerprint density at radius 1 is 1.07 bits per heavy atom. The molecule has 2 N–H and O–H groups in total. The van der Waals surface area contributed by atoms with Crippen LogP contribution in [0.15, 0.2) is 36.4 Å². The van der Waals surface area contributed by atoms with Crippen molar-refractivity contribution in [3.05, 3.63) is 57.6 Å². The van der Waals surface area contributed by atoms with Gasteiger partial charge in [0.05, 0.1) is 17.1 Å². The quantitative estimate of drug-likeness (QED) is 0.755. The zero-order valence-corrected chi connectivity index (χ0v) is 16.0. The molecule has 27 heavy (non-hydrogen) atoms. The molecular formula is C20H18Cl2N2O3. The second-order valence-corrected chi connectivity index (χ2v) is 7.75. The van der Waals surface area contributed by atoms with Gasteiger partial charge in [0.2, 0.25) is 0 Å². The van der Waals surface area contributed by atoms with E-state index in [1.807, 2.05) is 12.1 Å². The third kappa shape index (κ3) is 3.10. The van der Waals surface area contributed by atoms with Crippen LogP contribution in [-0.4, -0.2) is 29.9 Å². The first-order valence-corrected chi connectivity index (χ1v) is 9.56. The molecule has 0 radical (unpaired) electrons. The Kier molecular flexibility index (Phi) is 4.62.